The van der Waals surface area contributed by atoms with Crippen molar-refractivity contribution in [3.05, 3.63) is 53.8 Å². The van der Waals surface area contributed by atoms with Crippen LogP contribution in [0.1, 0.15) is 18.9 Å². The second-order valence-electron chi connectivity index (χ2n) is 7.22. The van der Waals surface area contributed by atoms with Gasteiger partial charge in [0.1, 0.15) is 19.0 Å². The minimum atomic E-state index is -0.427. The lowest BCUT2D eigenvalue weighted by molar-refractivity contribution is -0.136. The van der Waals surface area contributed by atoms with E-state index in [0.717, 1.165) is 5.56 Å². The summed E-state index contributed by atoms with van der Waals surface area (Å²) in [6.07, 6.45) is 0.160. The van der Waals surface area contributed by atoms with Crippen LogP contribution in [0.3, 0.4) is 0 Å². The molecular weight excluding hydrogens is 375 g/mol. The number of amides is 2. The van der Waals surface area contributed by atoms with Crippen molar-refractivity contribution in [1.29, 1.82) is 0 Å². The third-order valence-electron chi connectivity index (χ3n) is 5.27. The molecule has 2 aromatic carbocycles. The van der Waals surface area contributed by atoms with E-state index < -0.39 is 5.92 Å². The molecule has 0 bridgehead atoms. The molecule has 2 heterocycles. The molecule has 1 saturated heterocycles. The van der Waals surface area contributed by atoms with E-state index in [1.807, 2.05) is 13.0 Å². The van der Waals surface area contributed by atoms with Gasteiger partial charge in [-0.05, 0) is 36.8 Å². The van der Waals surface area contributed by atoms with Gasteiger partial charge in [0.25, 0.3) is 0 Å². The van der Waals surface area contributed by atoms with Gasteiger partial charge in [-0.25, -0.2) is 4.39 Å². The Kier molecular flexibility index (Phi) is 5.38. The summed E-state index contributed by atoms with van der Waals surface area (Å²) in [5, 5.41) is 0. The molecule has 152 valence electrons. The molecule has 0 saturated carbocycles. The minimum absolute atomic E-state index is 0.0924. The number of carbonyl (C=O) groups excluding carboxylic acids is 2. The van der Waals surface area contributed by atoms with E-state index in [4.69, 9.17) is 9.47 Å². The molecule has 0 radical (unpaired) electrons. The number of carbonyl (C=O) groups is 2. The molecule has 1 fully saturated rings. The quantitative estimate of drug-likeness (QED) is 0.777. The lowest BCUT2D eigenvalue weighted by Gasteiger charge is -2.25. The Bertz CT molecular complexity index is 933. The van der Waals surface area contributed by atoms with Crippen molar-refractivity contribution < 1.29 is 23.5 Å². The predicted molar refractivity (Wildman–Crippen MR) is 105 cm³/mol. The maximum atomic E-state index is 13.5. The molecule has 7 heteroatoms. The van der Waals surface area contributed by atoms with Crippen molar-refractivity contribution in [2.75, 3.05) is 31.2 Å². The van der Waals surface area contributed by atoms with Gasteiger partial charge in [0, 0.05) is 37.8 Å². The van der Waals surface area contributed by atoms with Crippen molar-refractivity contribution in [3.63, 3.8) is 0 Å². The highest BCUT2D eigenvalue weighted by molar-refractivity contribution is 6.00. The first-order chi connectivity index (χ1) is 14.0. The van der Waals surface area contributed by atoms with E-state index in [-0.39, 0.29) is 24.1 Å². The van der Waals surface area contributed by atoms with Gasteiger partial charge in [0.2, 0.25) is 11.8 Å². The third-order valence-corrected chi connectivity index (χ3v) is 5.27. The van der Waals surface area contributed by atoms with Crippen LogP contribution in [-0.4, -0.2) is 43.0 Å². The molecule has 2 amide bonds. The van der Waals surface area contributed by atoms with E-state index >= 15 is 0 Å². The van der Waals surface area contributed by atoms with Gasteiger partial charge < -0.3 is 19.3 Å². The topological polar surface area (TPSA) is 59.1 Å². The second-order valence-corrected chi connectivity index (χ2v) is 7.22. The number of ether oxygens (including phenoxy) is 2. The van der Waals surface area contributed by atoms with Crippen molar-refractivity contribution in [3.8, 4) is 11.5 Å². The standard InChI is InChI=1S/C22H23FN2O4/c1-2-24(13-15-4-3-5-17(23)10-15)22(27)16-11-21(26)25(14-16)18-6-7-19-20(12-18)29-9-8-28-19/h3-7,10,12,16H,2,8-9,11,13-14H2,1H3/t16-/m1/s1. The fourth-order valence-electron chi connectivity index (χ4n) is 3.78. The summed E-state index contributed by atoms with van der Waals surface area (Å²) < 4.78 is 24.6. The summed E-state index contributed by atoms with van der Waals surface area (Å²) in [4.78, 5) is 28.9. The molecular formula is C22H23FN2O4. The predicted octanol–water partition coefficient (Wildman–Crippen LogP) is 3.00. The van der Waals surface area contributed by atoms with Gasteiger partial charge in [-0.3, -0.25) is 9.59 Å². The van der Waals surface area contributed by atoms with Gasteiger partial charge in [-0.1, -0.05) is 12.1 Å². The van der Waals surface area contributed by atoms with Crippen LogP contribution in [0.25, 0.3) is 0 Å². The molecule has 0 N–H and O–H groups in total. The zero-order valence-electron chi connectivity index (χ0n) is 16.3. The van der Waals surface area contributed by atoms with Gasteiger partial charge in [0.15, 0.2) is 11.5 Å². The highest BCUT2D eigenvalue weighted by Crippen LogP contribution is 2.36. The van der Waals surface area contributed by atoms with Gasteiger partial charge in [0.05, 0.1) is 5.92 Å². The number of benzene rings is 2. The Morgan fingerprint density at radius 2 is 1.97 bits per heavy atom. The molecule has 2 aromatic rings. The fraction of sp³-hybridized carbons (Fsp3) is 0.364. The minimum Gasteiger partial charge on any atom is -0.486 e. The van der Waals surface area contributed by atoms with Gasteiger partial charge in [-0.2, -0.15) is 0 Å². The Morgan fingerprint density at radius 1 is 1.17 bits per heavy atom. The van der Waals surface area contributed by atoms with Crippen LogP contribution < -0.4 is 14.4 Å². The van der Waals surface area contributed by atoms with Crippen LogP contribution in [0, 0.1) is 11.7 Å². The Labute approximate surface area is 168 Å². The fourth-order valence-corrected chi connectivity index (χ4v) is 3.78. The number of halogens is 1. The maximum Gasteiger partial charge on any atom is 0.228 e. The van der Waals surface area contributed by atoms with Crippen LogP contribution in [-0.2, 0) is 16.1 Å². The van der Waals surface area contributed by atoms with E-state index in [2.05, 4.69) is 0 Å². The van der Waals surface area contributed by atoms with Crippen molar-refractivity contribution in [2.24, 2.45) is 5.92 Å². The molecule has 0 unspecified atom stereocenters. The molecule has 0 aliphatic carbocycles. The van der Waals surface area contributed by atoms with Crippen LogP contribution in [0.4, 0.5) is 10.1 Å². The number of hydrogen-bond acceptors (Lipinski definition) is 4. The van der Waals surface area contributed by atoms with Crippen LogP contribution >= 0.6 is 0 Å². The monoisotopic (exact) mass is 398 g/mol. The lowest BCUT2D eigenvalue weighted by Crippen LogP contribution is -2.37. The van der Waals surface area contributed by atoms with E-state index in [9.17, 15) is 14.0 Å². The van der Waals surface area contributed by atoms with Crippen LogP contribution in [0.2, 0.25) is 0 Å². The summed E-state index contributed by atoms with van der Waals surface area (Å²) >= 11 is 0. The molecule has 4 rings (SSSR count). The summed E-state index contributed by atoms with van der Waals surface area (Å²) in [6, 6.07) is 11.6. The highest BCUT2D eigenvalue weighted by Gasteiger charge is 2.37. The molecule has 29 heavy (non-hydrogen) atoms. The smallest absolute Gasteiger partial charge is 0.228 e. The number of rotatable bonds is 5. The van der Waals surface area contributed by atoms with Crippen LogP contribution in [0.15, 0.2) is 42.5 Å². The largest absolute Gasteiger partial charge is 0.486 e. The summed E-state index contributed by atoms with van der Waals surface area (Å²) in [6.45, 7) is 3.98. The van der Waals surface area contributed by atoms with Crippen molar-refractivity contribution >= 4 is 17.5 Å². The van der Waals surface area contributed by atoms with E-state index in [1.165, 1.54) is 12.1 Å². The number of nitrogens with zero attached hydrogens (tertiary/aromatic N) is 2. The van der Waals surface area contributed by atoms with E-state index in [0.29, 0.717) is 50.0 Å². The Hall–Kier alpha value is -3.09. The molecule has 1 atom stereocenters. The Morgan fingerprint density at radius 3 is 2.72 bits per heavy atom. The molecule has 2 aliphatic rings. The number of hydrogen-bond donors (Lipinski definition) is 0. The number of fused-ring (bicyclic) bond motifs is 1. The molecule has 0 spiro atoms. The zero-order chi connectivity index (χ0) is 20.4. The second kappa shape index (κ2) is 8.11. The summed E-state index contributed by atoms with van der Waals surface area (Å²) in [7, 11) is 0. The molecule has 2 aliphatic heterocycles. The zero-order valence-corrected chi connectivity index (χ0v) is 16.3. The van der Waals surface area contributed by atoms with Crippen LogP contribution in [0.5, 0.6) is 11.5 Å². The SMILES string of the molecule is CCN(Cc1cccc(F)c1)C(=O)[C@@H]1CC(=O)N(c2ccc3c(c2)OCCO3)C1. The van der Waals surface area contributed by atoms with Crippen molar-refractivity contribution in [2.45, 2.75) is 19.9 Å². The first kappa shape index (κ1) is 19.2. The molecule has 6 nitrogen and oxygen atoms in total. The van der Waals surface area contributed by atoms with Crippen molar-refractivity contribution in [1.82, 2.24) is 4.90 Å². The number of anilines is 1. The molecule has 0 aromatic heterocycles. The summed E-state index contributed by atoms with van der Waals surface area (Å²) in [5.41, 5.74) is 1.43. The average Bonchev–Trinajstić information content (AvgIpc) is 3.13. The third kappa shape index (κ3) is 4.04. The Balaban J connectivity index is 1.47. The van der Waals surface area contributed by atoms with Gasteiger partial charge in [-0.15, -0.1) is 0 Å². The first-order valence-electron chi connectivity index (χ1n) is 9.78. The highest BCUT2D eigenvalue weighted by atomic mass is 19.1. The normalized spacial score (nSPS) is 18.1. The van der Waals surface area contributed by atoms with Gasteiger partial charge >= 0.3 is 0 Å². The lowest BCUT2D eigenvalue weighted by atomic mass is 10.1. The van der Waals surface area contributed by atoms with E-state index in [1.54, 1.807) is 34.1 Å². The average molecular weight is 398 g/mol. The first-order valence-corrected chi connectivity index (χ1v) is 9.78. The summed E-state index contributed by atoms with van der Waals surface area (Å²) in [5.74, 6) is 0.326. The maximum absolute atomic E-state index is 13.5.